The van der Waals surface area contributed by atoms with Crippen LogP contribution in [0, 0.1) is 0 Å². The lowest BCUT2D eigenvalue weighted by Gasteiger charge is -2.24. The van der Waals surface area contributed by atoms with Gasteiger partial charge < -0.3 is 9.80 Å². The summed E-state index contributed by atoms with van der Waals surface area (Å²) < 4.78 is 0. The van der Waals surface area contributed by atoms with Gasteiger partial charge in [-0.15, -0.1) is 0 Å². The van der Waals surface area contributed by atoms with Crippen LogP contribution in [0.1, 0.15) is 31.7 Å². The molecule has 0 aliphatic carbocycles. The molecule has 1 aromatic carbocycles. The van der Waals surface area contributed by atoms with Gasteiger partial charge in [0.2, 0.25) is 0 Å². The Hall–Kier alpha value is -0.860. The van der Waals surface area contributed by atoms with Crippen LogP contribution in [0.4, 0.5) is 0 Å². The predicted octanol–water partition coefficient (Wildman–Crippen LogP) is 3.06. The van der Waals surface area contributed by atoms with Crippen molar-refractivity contribution in [1.29, 1.82) is 0 Å². The highest BCUT2D eigenvalue weighted by molar-refractivity contribution is 5.18. The first-order valence-electron chi connectivity index (χ1n) is 7.05. The summed E-state index contributed by atoms with van der Waals surface area (Å²) >= 11 is 0. The van der Waals surface area contributed by atoms with E-state index in [9.17, 15) is 0 Å². The molecule has 0 aliphatic rings. The number of nitrogens with zero attached hydrogens (tertiary/aromatic N) is 2. The summed E-state index contributed by atoms with van der Waals surface area (Å²) in [6.45, 7) is 9.24. The van der Waals surface area contributed by atoms with Crippen LogP contribution < -0.4 is 0 Å². The summed E-state index contributed by atoms with van der Waals surface area (Å²) in [6.07, 6.45) is 1.24. The molecule has 1 aromatic rings. The fourth-order valence-corrected chi connectivity index (χ4v) is 2.09. The van der Waals surface area contributed by atoms with E-state index in [2.05, 4.69) is 68.1 Å². The smallest absolute Gasteiger partial charge is 0.0109 e. The Morgan fingerprint density at radius 3 is 2.22 bits per heavy atom. The highest BCUT2D eigenvalue weighted by atomic mass is 15.2. The molecule has 1 atom stereocenters. The zero-order valence-corrected chi connectivity index (χ0v) is 12.4. The summed E-state index contributed by atoms with van der Waals surface area (Å²) in [5, 5.41) is 0. The molecule has 2 heteroatoms. The van der Waals surface area contributed by atoms with E-state index in [1.807, 2.05) is 0 Å². The highest BCUT2D eigenvalue weighted by Gasteiger charge is 2.08. The first-order chi connectivity index (χ1) is 8.63. The molecule has 0 N–H and O–H groups in total. The number of benzene rings is 1. The first kappa shape index (κ1) is 15.2. The summed E-state index contributed by atoms with van der Waals surface area (Å²) in [7, 11) is 4.28. The van der Waals surface area contributed by atoms with Crippen molar-refractivity contribution in [3.63, 3.8) is 0 Å². The summed E-state index contributed by atoms with van der Waals surface area (Å²) in [6, 6.07) is 10.8. The standard InChI is InChI=1S/C16H28N2/c1-5-18(14-13-17(3)4)12-11-15(2)16-9-7-6-8-10-16/h6-10,15H,5,11-14H2,1-4H3/t15-/m0/s1. The zero-order valence-electron chi connectivity index (χ0n) is 12.4. The molecule has 0 heterocycles. The van der Waals surface area contributed by atoms with Gasteiger partial charge >= 0.3 is 0 Å². The van der Waals surface area contributed by atoms with Gasteiger partial charge in [-0.25, -0.2) is 0 Å². The van der Waals surface area contributed by atoms with Gasteiger partial charge in [0.05, 0.1) is 0 Å². The van der Waals surface area contributed by atoms with E-state index in [1.165, 1.54) is 25.1 Å². The van der Waals surface area contributed by atoms with Gasteiger partial charge in [0.15, 0.2) is 0 Å². The van der Waals surface area contributed by atoms with Crippen LogP contribution in [0.3, 0.4) is 0 Å². The molecule has 0 saturated heterocycles. The Labute approximate surface area is 113 Å². The molecule has 0 aliphatic heterocycles. The van der Waals surface area contributed by atoms with Crippen LogP contribution in [0.15, 0.2) is 30.3 Å². The van der Waals surface area contributed by atoms with E-state index in [4.69, 9.17) is 0 Å². The van der Waals surface area contributed by atoms with E-state index in [0.29, 0.717) is 5.92 Å². The van der Waals surface area contributed by atoms with E-state index >= 15 is 0 Å². The molecule has 0 amide bonds. The quantitative estimate of drug-likeness (QED) is 0.697. The predicted molar refractivity (Wildman–Crippen MR) is 80.1 cm³/mol. The summed E-state index contributed by atoms with van der Waals surface area (Å²) in [5.41, 5.74) is 1.46. The van der Waals surface area contributed by atoms with Crippen LogP contribution in [-0.2, 0) is 0 Å². The minimum atomic E-state index is 0.652. The topological polar surface area (TPSA) is 6.48 Å². The Balaban J connectivity index is 2.34. The maximum atomic E-state index is 2.54. The van der Waals surface area contributed by atoms with Crippen molar-refractivity contribution in [2.45, 2.75) is 26.2 Å². The Morgan fingerprint density at radius 1 is 1.00 bits per heavy atom. The monoisotopic (exact) mass is 248 g/mol. The second-order valence-corrected chi connectivity index (χ2v) is 5.34. The van der Waals surface area contributed by atoms with Crippen molar-refractivity contribution in [1.82, 2.24) is 9.80 Å². The number of rotatable bonds is 8. The van der Waals surface area contributed by atoms with Gasteiger partial charge in [-0.3, -0.25) is 0 Å². The van der Waals surface area contributed by atoms with Crippen LogP contribution in [-0.4, -0.2) is 50.1 Å². The van der Waals surface area contributed by atoms with Gasteiger partial charge in [-0.05, 0) is 45.1 Å². The molecule has 102 valence electrons. The molecular formula is C16H28N2. The fraction of sp³-hybridized carbons (Fsp3) is 0.625. The van der Waals surface area contributed by atoms with E-state index < -0.39 is 0 Å². The zero-order chi connectivity index (χ0) is 13.4. The molecule has 0 fully saturated rings. The minimum absolute atomic E-state index is 0.652. The minimum Gasteiger partial charge on any atom is -0.308 e. The van der Waals surface area contributed by atoms with Crippen LogP contribution in [0.25, 0.3) is 0 Å². The van der Waals surface area contributed by atoms with Gasteiger partial charge in [0.25, 0.3) is 0 Å². The van der Waals surface area contributed by atoms with E-state index in [0.717, 1.165) is 13.1 Å². The fourth-order valence-electron chi connectivity index (χ4n) is 2.09. The van der Waals surface area contributed by atoms with Crippen molar-refractivity contribution >= 4 is 0 Å². The van der Waals surface area contributed by atoms with Crippen molar-refractivity contribution in [3.05, 3.63) is 35.9 Å². The van der Waals surface area contributed by atoms with Crippen molar-refractivity contribution in [2.24, 2.45) is 0 Å². The van der Waals surface area contributed by atoms with E-state index in [-0.39, 0.29) is 0 Å². The number of likely N-dealkylation sites (N-methyl/N-ethyl adjacent to an activating group) is 2. The maximum Gasteiger partial charge on any atom is 0.0109 e. The molecule has 0 saturated carbocycles. The Morgan fingerprint density at radius 2 is 1.67 bits per heavy atom. The summed E-state index contributed by atoms with van der Waals surface area (Å²) in [5.74, 6) is 0.652. The van der Waals surface area contributed by atoms with Crippen molar-refractivity contribution < 1.29 is 0 Å². The van der Waals surface area contributed by atoms with Gasteiger partial charge in [0, 0.05) is 13.1 Å². The molecule has 0 bridgehead atoms. The van der Waals surface area contributed by atoms with Crippen LogP contribution in [0.2, 0.25) is 0 Å². The normalized spacial score (nSPS) is 13.2. The second kappa shape index (κ2) is 8.28. The van der Waals surface area contributed by atoms with Gasteiger partial charge in [-0.2, -0.15) is 0 Å². The molecule has 0 unspecified atom stereocenters. The van der Waals surface area contributed by atoms with E-state index in [1.54, 1.807) is 0 Å². The Bertz CT molecular complexity index is 308. The maximum absolute atomic E-state index is 2.54. The third kappa shape index (κ3) is 5.65. The van der Waals surface area contributed by atoms with Crippen LogP contribution in [0.5, 0.6) is 0 Å². The molecule has 0 aromatic heterocycles. The molecule has 0 spiro atoms. The van der Waals surface area contributed by atoms with Gasteiger partial charge in [0.1, 0.15) is 0 Å². The Kier molecular flexibility index (Phi) is 6.99. The molecule has 18 heavy (non-hydrogen) atoms. The third-order valence-corrected chi connectivity index (χ3v) is 3.56. The molecule has 0 radical (unpaired) electrons. The summed E-state index contributed by atoms with van der Waals surface area (Å²) in [4.78, 5) is 4.79. The van der Waals surface area contributed by atoms with Crippen LogP contribution >= 0.6 is 0 Å². The lowest BCUT2D eigenvalue weighted by molar-refractivity contribution is 0.244. The SMILES string of the molecule is CCN(CC[C@H](C)c1ccccc1)CCN(C)C. The van der Waals surface area contributed by atoms with Crippen molar-refractivity contribution in [2.75, 3.05) is 40.3 Å². The number of hydrogen-bond donors (Lipinski definition) is 0. The molecular weight excluding hydrogens is 220 g/mol. The largest absolute Gasteiger partial charge is 0.308 e. The molecule has 2 nitrogen and oxygen atoms in total. The second-order valence-electron chi connectivity index (χ2n) is 5.34. The van der Waals surface area contributed by atoms with Crippen molar-refractivity contribution in [3.8, 4) is 0 Å². The molecule has 1 rings (SSSR count). The third-order valence-electron chi connectivity index (χ3n) is 3.56. The average Bonchev–Trinajstić information content (AvgIpc) is 2.39. The lowest BCUT2D eigenvalue weighted by Crippen LogP contribution is -2.32. The average molecular weight is 248 g/mol. The number of hydrogen-bond acceptors (Lipinski definition) is 2. The highest BCUT2D eigenvalue weighted by Crippen LogP contribution is 2.18. The lowest BCUT2D eigenvalue weighted by atomic mass is 9.98. The first-order valence-corrected chi connectivity index (χ1v) is 7.05. The van der Waals surface area contributed by atoms with Gasteiger partial charge in [-0.1, -0.05) is 44.2 Å².